The molecule has 0 aliphatic rings. The third kappa shape index (κ3) is 4.12. The summed E-state index contributed by atoms with van der Waals surface area (Å²) in [6.07, 6.45) is 2.78. The molecule has 2 aromatic rings. The smallest absolute Gasteiger partial charge is 0.0702 e. The Kier molecular flexibility index (Phi) is 5.72. The first kappa shape index (κ1) is 15.6. The number of thiophene rings is 1. The van der Waals surface area contributed by atoms with Crippen molar-refractivity contribution >= 4 is 27.3 Å². The van der Waals surface area contributed by atoms with Gasteiger partial charge in [0.15, 0.2) is 0 Å². The number of hydrogen-bond donors (Lipinski definition) is 1. The second kappa shape index (κ2) is 7.31. The molecule has 2 N–H and O–H groups in total. The Hall–Kier alpha value is -0.750. The number of pyridine rings is 1. The van der Waals surface area contributed by atoms with E-state index in [0.29, 0.717) is 0 Å². The van der Waals surface area contributed by atoms with Gasteiger partial charge in [0.1, 0.15) is 0 Å². The van der Waals surface area contributed by atoms with Crippen LogP contribution in [-0.4, -0.2) is 29.5 Å². The fourth-order valence-electron chi connectivity index (χ4n) is 2.34. The largest absolute Gasteiger partial charge is 0.326 e. The van der Waals surface area contributed by atoms with Gasteiger partial charge < -0.3 is 5.73 Å². The Morgan fingerprint density at radius 3 is 2.70 bits per heavy atom. The Labute approximate surface area is 133 Å². The van der Waals surface area contributed by atoms with E-state index in [9.17, 15) is 0 Å². The summed E-state index contributed by atoms with van der Waals surface area (Å²) in [5, 5.41) is 0. The molecule has 2 heterocycles. The third-order valence-electron chi connectivity index (χ3n) is 3.31. The van der Waals surface area contributed by atoms with Gasteiger partial charge in [0.05, 0.1) is 9.83 Å². The molecule has 0 aliphatic heterocycles. The summed E-state index contributed by atoms with van der Waals surface area (Å²) >= 11 is 5.28. The number of aromatic nitrogens is 1. The molecule has 2 unspecified atom stereocenters. The zero-order valence-electron chi connectivity index (χ0n) is 11.8. The minimum absolute atomic E-state index is 0.0919. The molecular weight excluding hydrogens is 334 g/mol. The fraction of sp³-hybridized carbons (Fsp3) is 0.400. The molecule has 2 atom stereocenters. The van der Waals surface area contributed by atoms with Crippen molar-refractivity contribution in [3.05, 3.63) is 50.9 Å². The van der Waals surface area contributed by atoms with E-state index in [-0.39, 0.29) is 12.1 Å². The average molecular weight is 354 g/mol. The number of nitrogens with two attached hydrogens (primary N) is 1. The molecule has 108 valence electrons. The van der Waals surface area contributed by atoms with E-state index in [2.05, 4.69) is 58.0 Å². The lowest BCUT2D eigenvalue weighted by Crippen LogP contribution is -2.37. The lowest BCUT2D eigenvalue weighted by molar-refractivity contribution is 0.224. The van der Waals surface area contributed by atoms with Crippen molar-refractivity contribution in [3.63, 3.8) is 0 Å². The molecule has 3 nitrogen and oxygen atoms in total. The van der Waals surface area contributed by atoms with Crippen molar-refractivity contribution in [2.45, 2.75) is 25.4 Å². The molecule has 20 heavy (non-hydrogen) atoms. The van der Waals surface area contributed by atoms with E-state index in [1.807, 2.05) is 18.3 Å². The van der Waals surface area contributed by atoms with Crippen LogP contribution in [0.2, 0.25) is 0 Å². The quantitative estimate of drug-likeness (QED) is 0.864. The van der Waals surface area contributed by atoms with Crippen molar-refractivity contribution in [2.75, 3.05) is 13.6 Å². The number of halogens is 1. The van der Waals surface area contributed by atoms with Crippen LogP contribution >= 0.6 is 27.3 Å². The van der Waals surface area contributed by atoms with E-state index >= 15 is 0 Å². The molecule has 0 bridgehead atoms. The minimum atomic E-state index is 0.0919. The highest BCUT2D eigenvalue weighted by Crippen LogP contribution is 2.31. The number of likely N-dealkylation sites (N-methyl/N-ethyl adjacent to an activating group) is 1. The highest BCUT2D eigenvalue weighted by atomic mass is 79.9. The maximum Gasteiger partial charge on any atom is 0.0702 e. The molecule has 0 saturated heterocycles. The lowest BCUT2D eigenvalue weighted by Gasteiger charge is -2.30. The number of nitrogens with zero attached hydrogens (tertiary/aromatic N) is 2. The molecule has 0 aliphatic carbocycles. The summed E-state index contributed by atoms with van der Waals surface area (Å²) in [5.74, 6) is 0. The number of hydrogen-bond acceptors (Lipinski definition) is 4. The van der Waals surface area contributed by atoms with Crippen molar-refractivity contribution in [2.24, 2.45) is 5.73 Å². The first-order chi connectivity index (χ1) is 9.58. The second-order valence-electron chi connectivity index (χ2n) is 5.00. The topological polar surface area (TPSA) is 42.1 Å². The molecular formula is C15H20BrN3S. The fourth-order valence-corrected chi connectivity index (χ4v) is 4.05. The van der Waals surface area contributed by atoms with Crippen LogP contribution in [0, 0.1) is 0 Å². The van der Waals surface area contributed by atoms with E-state index in [1.165, 1.54) is 4.88 Å². The Morgan fingerprint density at radius 1 is 1.35 bits per heavy atom. The van der Waals surface area contributed by atoms with E-state index < -0.39 is 0 Å². The Bertz CT molecular complexity index is 527. The standard InChI is InChI=1S/C15H20BrN3S/c1-11(17)15(13-6-7-14(16)20-13)19(2)10-8-12-5-3-4-9-18-12/h3-7,9,11,15H,8,10,17H2,1-2H3. The molecule has 0 fully saturated rings. The zero-order chi connectivity index (χ0) is 14.5. The molecule has 2 rings (SSSR count). The van der Waals surface area contributed by atoms with Gasteiger partial charge in [0.25, 0.3) is 0 Å². The summed E-state index contributed by atoms with van der Waals surface area (Å²) < 4.78 is 1.15. The minimum Gasteiger partial charge on any atom is -0.326 e. The Morgan fingerprint density at radius 2 is 2.15 bits per heavy atom. The van der Waals surface area contributed by atoms with Crippen LogP contribution in [-0.2, 0) is 6.42 Å². The van der Waals surface area contributed by atoms with Gasteiger partial charge in [-0.15, -0.1) is 11.3 Å². The zero-order valence-corrected chi connectivity index (χ0v) is 14.2. The normalized spacial score (nSPS) is 14.4. The van der Waals surface area contributed by atoms with Crippen LogP contribution in [0.25, 0.3) is 0 Å². The predicted molar refractivity (Wildman–Crippen MR) is 89.0 cm³/mol. The molecule has 0 saturated carbocycles. The predicted octanol–water partition coefficient (Wildman–Crippen LogP) is 3.47. The summed E-state index contributed by atoms with van der Waals surface area (Å²) in [5.41, 5.74) is 7.30. The first-order valence-electron chi connectivity index (χ1n) is 6.69. The van der Waals surface area contributed by atoms with Gasteiger partial charge in [-0.1, -0.05) is 6.07 Å². The highest BCUT2D eigenvalue weighted by molar-refractivity contribution is 9.11. The maximum atomic E-state index is 6.18. The van der Waals surface area contributed by atoms with Gasteiger partial charge in [-0.2, -0.15) is 0 Å². The average Bonchev–Trinajstić information content (AvgIpc) is 2.83. The van der Waals surface area contributed by atoms with Gasteiger partial charge in [0, 0.05) is 35.8 Å². The third-order valence-corrected chi connectivity index (χ3v) is 5.00. The van der Waals surface area contributed by atoms with Crippen molar-refractivity contribution in [1.29, 1.82) is 0 Å². The number of rotatable bonds is 6. The van der Waals surface area contributed by atoms with E-state index in [0.717, 1.165) is 22.4 Å². The summed E-state index contributed by atoms with van der Waals surface area (Å²) in [6.45, 7) is 3.01. The summed E-state index contributed by atoms with van der Waals surface area (Å²) in [4.78, 5) is 7.99. The van der Waals surface area contributed by atoms with Crippen LogP contribution in [0.1, 0.15) is 23.5 Å². The molecule has 0 radical (unpaired) electrons. The van der Waals surface area contributed by atoms with Crippen molar-refractivity contribution in [1.82, 2.24) is 9.88 Å². The lowest BCUT2D eigenvalue weighted by atomic mass is 10.1. The van der Waals surface area contributed by atoms with Crippen LogP contribution in [0.3, 0.4) is 0 Å². The van der Waals surface area contributed by atoms with Gasteiger partial charge in [-0.05, 0) is 54.2 Å². The molecule has 2 aromatic heterocycles. The molecule has 0 aromatic carbocycles. The maximum absolute atomic E-state index is 6.18. The van der Waals surface area contributed by atoms with Crippen LogP contribution < -0.4 is 5.73 Å². The monoisotopic (exact) mass is 353 g/mol. The second-order valence-corrected chi connectivity index (χ2v) is 7.49. The summed E-state index contributed by atoms with van der Waals surface area (Å²) in [6, 6.07) is 10.6. The molecule has 0 spiro atoms. The van der Waals surface area contributed by atoms with Crippen molar-refractivity contribution < 1.29 is 0 Å². The van der Waals surface area contributed by atoms with Gasteiger partial charge in [0.2, 0.25) is 0 Å². The van der Waals surface area contributed by atoms with E-state index in [4.69, 9.17) is 5.73 Å². The molecule has 0 amide bonds. The van der Waals surface area contributed by atoms with Gasteiger partial charge >= 0.3 is 0 Å². The van der Waals surface area contributed by atoms with Gasteiger partial charge in [-0.3, -0.25) is 9.88 Å². The van der Waals surface area contributed by atoms with Crippen LogP contribution in [0.5, 0.6) is 0 Å². The van der Waals surface area contributed by atoms with Gasteiger partial charge in [-0.25, -0.2) is 0 Å². The van der Waals surface area contributed by atoms with E-state index in [1.54, 1.807) is 11.3 Å². The first-order valence-corrected chi connectivity index (χ1v) is 8.30. The SMILES string of the molecule is CC(N)C(c1ccc(Br)s1)N(C)CCc1ccccn1. The van der Waals surface area contributed by atoms with Crippen molar-refractivity contribution in [3.8, 4) is 0 Å². The van der Waals surface area contributed by atoms with Crippen LogP contribution in [0.4, 0.5) is 0 Å². The highest BCUT2D eigenvalue weighted by Gasteiger charge is 2.22. The Balaban J connectivity index is 2.02. The summed E-state index contributed by atoms with van der Waals surface area (Å²) in [7, 11) is 2.13. The molecule has 5 heteroatoms. The van der Waals surface area contributed by atoms with Crippen LogP contribution in [0.15, 0.2) is 40.3 Å².